The third-order valence-corrected chi connectivity index (χ3v) is 4.85. The van der Waals surface area contributed by atoms with Crippen LogP contribution in [-0.4, -0.2) is 30.8 Å². The van der Waals surface area contributed by atoms with Gasteiger partial charge < -0.3 is 5.11 Å². The van der Waals surface area contributed by atoms with Crippen molar-refractivity contribution in [3.8, 4) is 22.4 Å². The molecule has 2 aromatic carbocycles. The minimum absolute atomic E-state index is 0.0938. The van der Waals surface area contributed by atoms with Crippen LogP contribution in [0.5, 0.6) is 0 Å². The minimum Gasteiger partial charge on any atom is -0.478 e. The van der Waals surface area contributed by atoms with Gasteiger partial charge in [0.15, 0.2) is 0 Å². The fourth-order valence-corrected chi connectivity index (χ4v) is 3.42. The first kappa shape index (κ1) is 17.9. The van der Waals surface area contributed by atoms with Gasteiger partial charge in [0.25, 0.3) is 0 Å². The van der Waals surface area contributed by atoms with Crippen LogP contribution in [0.2, 0.25) is 0 Å². The zero-order valence-electron chi connectivity index (χ0n) is 15.9. The van der Waals surface area contributed by atoms with Gasteiger partial charge in [-0.15, -0.1) is 0 Å². The summed E-state index contributed by atoms with van der Waals surface area (Å²) in [5.74, 6) is -0.819. The lowest BCUT2D eigenvalue weighted by Gasteiger charge is -2.13. The molecule has 6 heteroatoms. The number of carbonyl (C=O) groups is 1. The van der Waals surface area contributed by atoms with Gasteiger partial charge in [-0.05, 0) is 41.3 Å². The normalized spacial score (nSPS) is 11.3. The van der Waals surface area contributed by atoms with Crippen molar-refractivity contribution in [2.24, 2.45) is 7.05 Å². The third-order valence-electron chi connectivity index (χ3n) is 4.85. The molecule has 140 valence electrons. The lowest BCUT2D eigenvalue weighted by atomic mass is 9.93. The minimum atomic E-state index is -0.913. The van der Waals surface area contributed by atoms with E-state index in [4.69, 9.17) is 0 Å². The van der Waals surface area contributed by atoms with E-state index in [1.165, 1.54) is 0 Å². The Bertz CT molecular complexity index is 1190. The number of nitrogens with zero attached hydrogens (tertiary/aromatic N) is 4. The van der Waals surface area contributed by atoms with E-state index in [9.17, 15) is 9.90 Å². The molecule has 6 nitrogen and oxygen atoms in total. The van der Waals surface area contributed by atoms with E-state index in [-0.39, 0.29) is 5.92 Å². The van der Waals surface area contributed by atoms with E-state index < -0.39 is 5.97 Å². The fraction of sp³-hybridized carbons (Fsp3) is 0.182. The molecule has 0 aliphatic rings. The summed E-state index contributed by atoms with van der Waals surface area (Å²) in [5, 5.41) is 14.6. The van der Waals surface area contributed by atoms with Crippen LogP contribution in [0, 0.1) is 0 Å². The number of carboxylic acids is 1. The summed E-state index contributed by atoms with van der Waals surface area (Å²) < 4.78 is 1.77. The summed E-state index contributed by atoms with van der Waals surface area (Å²) in [4.78, 5) is 20.4. The van der Waals surface area contributed by atoms with Gasteiger partial charge >= 0.3 is 5.97 Å². The molecule has 4 rings (SSSR count). The number of rotatable bonds is 4. The van der Waals surface area contributed by atoms with Crippen LogP contribution in [0.25, 0.3) is 33.3 Å². The highest BCUT2D eigenvalue weighted by atomic mass is 16.4. The molecular formula is C22H20N4O2. The number of fused-ring (bicyclic) bond motifs is 1. The molecule has 1 N–H and O–H groups in total. The largest absolute Gasteiger partial charge is 0.478 e. The van der Waals surface area contributed by atoms with E-state index >= 15 is 0 Å². The first-order valence-electron chi connectivity index (χ1n) is 9.05. The van der Waals surface area contributed by atoms with Crippen LogP contribution >= 0.6 is 0 Å². The number of aromatic carboxylic acids is 1. The molecule has 0 amide bonds. The number of hydrogen-bond donors (Lipinski definition) is 1. The molecule has 0 bridgehead atoms. The van der Waals surface area contributed by atoms with E-state index in [0.29, 0.717) is 5.56 Å². The van der Waals surface area contributed by atoms with Gasteiger partial charge in [-0.2, -0.15) is 5.10 Å². The topological polar surface area (TPSA) is 80.9 Å². The summed E-state index contributed by atoms with van der Waals surface area (Å²) in [7, 11) is 1.89. The van der Waals surface area contributed by atoms with Crippen LogP contribution in [-0.2, 0) is 7.05 Å². The number of benzene rings is 2. The number of aryl methyl sites for hydroxylation is 1. The van der Waals surface area contributed by atoms with Crippen molar-refractivity contribution >= 4 is 16.9 Å². The standard InChI is InChI=1S/C22H20N4O2/c1-13(2)19-8-15(5-6-17(19)22(27)28)21-18-7-4-14(9-20(18)23-12-24-21)16-10-25-26(3)11-16/h4-13H,1-3H3,(H,27,28). The molecular weight excluding hydrogens is 352 g/mol. The lowest BCUT2D eigenvalue weighted by Crippen LogP contribution is -2.04. The molecule has 0 aliphatic heterocycles. The second-order valence-corrected chi connectivity index (χ2v) is 7.12. The fourth-order valence-electron chi connectivity index (χ4n) is 3.42. The van der Waals surface area contributed by atoms with Gasteiger partial charge in [0.05, 0.1) is 23.0 Å². The lowest BCUT2D eigenvalue weighted by molar-refractivity contribution is 0.0695. The van der Waals surface area contributed by atoms with E-state index in [0.717, 1.165) is 38.9 Å². The summed E-state index contributed by atoms with van der Waals surface area (Å²) in [6.45, 7) is 3.98. The molecule has 0 unspecified atom stereocenters. The van der Waals surface area contributed by atoms with Crippen molar-refractivity contribution < 1.29 is 9.90 Å². The Morgan fingerprint density at radius 1 is 1.04 bits per heavy atom. The summed E-state index contributed by atoms with van der Waals surface area (Å²) in [6.07, 6.45) is 5.33. The second-order valence-electron chi connectivity index (χ2n) is 7.12. The van der Waals surface area contributed by atoms with Gasteiger partial charge in [-0.3, -0.25) is 4.68 Å². The van der Waals surface area contributed by atoms with Crippen LogP contribution in [0.15, 0.2) is 55.1 Å². The Balaban J connectivity index is 1.85. The van der Waals surface area contributed by atoms with Crippen molar-refractivity contribution in [3.05, 3.63) is 66.2 Å². The quantitative estimate of drug-likeness (QED) is 0.570. The Kier molecular flexibility index (Phi) is 4.39. The molecule has 28 heavy (non-hydrogen) atoms. The average molecular weight is 372 g/mol. The van der Waals surface area contributed by atoms with Crippen molar-refractivity contribution in [1.82, 2.24) is 19.7 Å². The van der Waals surface area contributed by atoms with Crippen LogP contribution in [0.1, 0.15) is 35.7 Å². The van der Waals surface area contributed by atoms with Crippen LogP contribution in [0.4, 0.5) is 0 Å². The SMILES string of the molecule is CC(C)c1cc(-c2ncnc3cc(-c4cnn(C)c4)ccc23)ccc1C(=O)O. The molecule has 2 heterocycles. The Hall–Kier alpha value is -3.54. The van der Waals surface area contributed by atoms with Crippen molar-refractivity contribution in [1.29, 1.82) is 0 Å². The van der Waals surface area contributed by atoms with Gasteiger partial charge in [-0.25, -0.2) is 14.8 Å². The Morgan fingerprint density at radius 2 is 1.82 bits per heavy atom. The van der Waals surface area contributed by atoms with Gasteiger partial charge in [0.2, 0.25) is 0 Å². The maximum Gasteiger partial charge on any atom is 0.335 e. The van der Waals surface area contributed by atoms with Crippen LogP contribution < -0.4 is 0 Å². The van der Waals surface area contributed by atoms with Crippen molar-refractivity contribution in [3.63, 3.8) is 0 Å². The number of hydrogen-bond acceptors (Lipinski definition) is 4. The van der Waals surface area contributed by atoms with Gasteiger partial charge in [0.1, 0.15) is 6.33 Å². The molecule has 0 atom stereocenters. The van der Waals surface area contributed by atoms with Crippen LogP contribution in [0.3, 0.4) is 0 Å². The molecule has 0 radical (unpaired) electrons. The van der Waals surface area contributed by atoms with E-state index in [2.05, 4.69) is 15.1 Å². The number of aromatic nitrogens is 4. The van der Waals surface area contributed by atoms with Gasteiger partial charge in [0, 0.05) is 29.8 Å². The van der Waals surface area contributed by atoms with E-state index in [1.54, 1.807) is 17.1 Å². The van der Waals surface area contributed by atoms with Crippen molar-refractivity contribution in [2.45, 2.75) is 19.8 Å². The smallest absolute Gasteiger partial charge is 0.335 e. The highest BCUT2D eigenvalue weighted by Gasteiger charge is 2.16. The first-order valence-corrected chi connectivity index (χ1v) is 9.05. The molecule has 0 fully saturated rings. The summed E-state index contributed by atoms with van der Waals surface area (Å²) in [6, 6.07) is 11.4. The van der Waals surface area contributed by atoms with Crippen molar-refractivity contribution in [2.75, 3.05) is 0 Å². The molecule has 0 spiro atoms. The predicted octanol–water partition coefficient (Wildman–Crippen LogP) is 4.52. The van der Waals surface area contributed by atoms with E-state index in [1.807, 2.05) is 63.6 Å². The summed E-state index contributed by atoms with van der Waals surface area (Å²) in [5.41, 5.74) is 5.70. The maximum absolute atomic E-state index is 11.5. The molecule has 4 aromatic rings. The molecule has 0 saturated carbocycles. The zero-order valence-corrected chi connectivity index (χ0v) is 15.9. The monoisotopic (exact) mass is 372 g/mol. The highest BCUT2D eigenvalue weighted by molar-refractivity contribution is 5.96. The Labute approximate surface area is 162 Å². The second kappa shape index (κ2) is 6.88. The average Bonchev–Trinajstić information content (AvgIpc) is 3.13. The molecule has 2 aromatic heterocycles. The Morgan fingerprint density at radius 3 is 2.50 bits per heavy atom. The molecule has 0 saturated heterocycles. The maximum atomic E-state index is 11.5. The molecule has 0 aliphatic carbocycles. The van der Waals surface area contributed by atoms with Gasteiger partial charge in [-0.1, -0.05) is 26.0 Å². The highest BCUT2D eigenvalue weighted by Crippen LogP contribution is 2.31. The summed E-state index contributed by atoms with van der Waals surface area (Å²) >= 11 is 0. The number of carboxylic acid groups (broad SMARTS) is 1. The first-order chi connectivity index (χ1) is 13.4. The zero-order chi connectivity index (χ0) is 19.8. The third kappa shape index (κ3) is 3.13. The predicted molar refractivity (Wildman–Crippen MR) is 108 cm³/mol.